The second kappa shape index (κ2) is 6.17. The number of hydrogen-bond acceptors (Lipinski definition) is 1. The summed E-state index contributed by atoms with van der Waals surface area (Å²) < 4.78 is 0. The van der Waals surface area contributed by atoms with E-state index in [0.29, 0.717) is 26.2 Å². The number of aromatic amines is 1. The Bertz CT molecular complexity index is 855. The Labute approximate surface area is 142 Å². The zero-order valence-electron chi connectivity index (χ0n) is 11.2. The van der Waals surface area contributed by atoms with Crippen LogP contribution in [0.4, 0.5) is 0 Å². The minimum absolute atomic E-state index is 0.144. The van der Waals surface area contributed by atoms with E-state index in [4.69, 9.17) is 34.8 Å². The molecule has 0 spiro atoms. The molecule has 5 heteroatoms. The standard InChI is InChI=1S/C17H10Cl3NO/c18-14-4-2-1-3-11(14)12-8-21-9-13(12)17(22)10-5-6-15(19)16(20)7-10/h1-9,21H. The summed E-state index contributed by atoms with van der Waals surface area (Å²) >= 11 is 18.1. The van der Waals surface area contributed by atoms with Crippen molar-refractivity contribution >= 4 is 40.6 Å². The van der Waals surface area contributed by atoms with E-state index >= 15 is 0 Å². The van der Waals surface area contributed by atoms with Crippen LogP contribution in [0.25, 0.3) is 11.1 Å². The molecule has 110 valence electrons. The summed E-state index contributed by atoms with van der Waals surface area (Å²) in [6, 6.07) is 12.2. The van der Waals surface area contributed by atoms with Crippen LogP contribution in [0.2, 0.25) is 15.1 Å². The highest BCUT2D eigenvalue weighted by atomic mass is 35.5. The zero-order valence-corrected chi connectivity index (χ0v) is 13.5. The summed E-state index contributed by atoms with van der Waals surface area (Å²) in [5, 5.41) is 1.35. The summed E-state index contributed by atoms with van der Waals surface area (Å²) in [6.45, 7) is 0. The molecule has 0 amide bonds. The van der Waals surface area contributed by atoms with Crippen molar-refractivity contribution in [1.82, 2.24) is 4.98 Å². The molecule has 0 aliphatic rings. The third-order valence-electron chi connectivity index (χ3n) is 3.34. The van der Waals surface area contributed by atoms with Gasteiger partial charge < -0.3 is 4.98 Å². The molecule has 0 atom stereocenters. The van der Waals surface area contributed by atoms with Crippen molar-refractivity contribution in [3.8, 4) is 11.1 Å². The molecular weight excluding hydrogens is 341 g/mol. The lowest BCUT2D eigenvalue weighted by molar-refractivity contribution is 0.103. The highest BCUT2D eigenvalue weighted by Crippen LogP contribution is 2.32. The largest absolute Gasteiger partial charge is 0.366 e. The maximum atomic E-state index is 12.7. The van der Waals surface area contributed by atoms with Crippen molar-refractivity contribution in [2.45, 2.75) is 0 Å². The van der Waals surface area contributed by atoms with Gasteiger partial charge in [-0.3, -0.25) is 4.79 Å². The van der Waals surface area contributed by atoms with E-state index in [-0.39, 0.29) is 5.78 Å². The van der Waals surface area contributed by atoms with Gasteiger partial charge in [0.1, 0.15) is 0 Å². The lowest BCUT2D eigenvalue weighted by Gasteiger charge is -2.06. The summed E-state index contributed by atoms with van der Waals surface area (Å²) in [7, 11) is 0. The summed E-state index contributed by atoms with van der Waals surface area (Å²) in [4.78, 5) is 15.7. The van der Waals surface area contributed by atoms with Crippen LogP contribution < -0.4 is 0 Å². The first kappa shape index (κ1) is 15.2. The summed E-state index contributed by atoms with van der Waals surface area (Å²) in [6.07, 6.45) is 3.41. The first-order valence-electron chi connectivity index (χ1n) is 6.49. The van der Waals surface area contributed by atoms with Crippen molar-refractivity contribution < 1.29 is 4.79 Å². The molecule has 0 radical (unpaired) electrons. The maximum absolute atomic E-state index is 12.7. The number of H-pyrrole nitrogens is 1. The van der Waals surface area contributed by atoms with E-state index < -0.39 is 0 Å². The fraction of sp³-hybridized carbons (Fsp3) is 0. The van der Waals surface area contributed by atoms with Gasteiger partial charge in [-0.2, -0.15) is 0 Å². The highest BCUT2D eigenvalue weighted by Gasteiger charge is 2.18. The van der Waals surface area contributed by atoms with Crippen molar-refractivity contribution in [2.75, 3.05) is 0 Å². The molecule has 2 nitrogen and oxygen atoms in total. The number of benzene rings is 2. The third kappa shape index (κ3) is 2.78. The van der Waals surface area contributed by atoms with Crippen LogP contribution in [0.5, 0.6) is 0 Å². The molecule has 1 heterocycles. The van der Waals surface area contributed by atoms with Crippen LogP contribution in [0, 0.1) is 0 Å². The number of hydrogen-bond donors (Lipinski definition) is 1. The smallest absolute Gasteiger partial charge is 0.195 e. The number of nitrogens with one attached hydrogen (secondary N) is 1. The average molecular weight is 351 g/mol. The monoisotopic (exact) mass is 349 g/mol. The van der Waals surface area contributed by atoms with Crippen LogP contribution in [0.1, 0.15) is 15.9 Å². The Morgan fingerprint density at radius 1 is 0.818 bits per heavy atom. The van der Waals surface area contributed by atoms with Crippen molar-refractivity contribution in [1.29, 1.82) is 0 Å². The Hall–Kier alpha value is -1.74. The Morgan fingerprint density at radius 2 is 1.59 bits per heavy atom. The van der Waals surface area contributed by atoms with E-state index in [0.717, 1.165) is 11.1 Å². The molecule has 1 aromatic heterocycles. The Kier molecular flexibility index (Phi) is 4.25. The number of carbonyl (C=O) groups is 1. The molecular formula is C17H10Cl3NO. The Morgan fingerprint density at radius 3 is 2.32 bits per heavy atom. The molecule has 22 heavy (non-hydrogen) atoms. The molecule has 0 saturated heterocycles. The zero-order chi connectivity index (χ0) is 15.7. The lowest BCUT2D eigenvalue weighted by Crippen LogP contribution is -2.01. The van der Waals surface area contributed by atoms with E-state index in [9.17, 15) is 4.79 Å². The molecule has 0 aliphatic carbocycles. The van der Waals surface area contributed by atoms with Crippen LogP contribution in [-0.4, -0.2) is 10.8 Å². The van der Waals surface area contributed by atoms with E-state index in [1.807, 2.05) is 18.2 Å². The predicted molar refractivity (Wildman–Crippen MR) is 91.1 cm³/mol. The van der Waals surface area contributed by atoms with E-state index in [1.165, 1.54) is 0 Å². The van der Waals surface area contributed by atoms with Gasteiger partial charge in [0, 0.05) is 39.7 Å². The van der Waals surface area contributed by atoms with Gasteiger partial charge >= 0.3 is 0 Å². The number of ketones is 1. The number of halogens is 3. The van der Waals surface area contributed by atoms with E-state index in [1.54, 1.807) is 36.7 Å². The van der Waals surface area contributed by atoms with Gasteiger partial charge in [-0.15, -0.1) is 0 Å². The molecule has 0 bridgehead atoms. The number of rotatable bonds is 3. The van der Waals surface area contributed by atoms with Crippen molar-refractivity contribution in [2.24, 2.45) is 0 Å². The topological polar surface area (TPSA) is 32.9 Å². The average Bonchev–Trinajstić information content (AvgIpc) is 2.99. The fourth-order valence-electron chi connectivity index (χ4n) is 2.25. The highest BCUT2D eigenvalue weighted by molar-refractivity contribution is 6.42. The molecule has 3 rings (SSSR count). The number of carbonyl (C=O) groups excluding carboxylic acids is 1. The van der Waals surface area contributed by atoms with Gasteiger partial charge in [-0.25, -0.2) is 0 Å². The Balaban J connectivity index is 2.07. The quantitative estimate of drug-likeness (QED) is 0.588. The molecule has 2 aromatic carbocycles. The third-order valence-corrected chi connectivity index (χ3v) is 4.40. The molecule has 0 aliphatic heterocycles. The van der Waals surface area contributed by atoms with Crippen LogP contribution >= 0.6 is 34.8 Å². The first-order chi connectivity index (χ1) is 10.6. The second-order valence-corrected chi connectivity index (χ2v) is 5.94. The summed E-state index contributed by atoms with van der Waals surface area (Å²) in [5.41, 5.74) is 2.56. The van der Waals surface area contributed by atoms with Gasteiger partial charge in [0.25, 0.3) is 0 Å². The molecule has 3 aromatic rings. The van der Waals surface area contributed by atoms with Crippen molar-refractivity contribution in [3.63, 3.8) is 0 Å². The first-order valence-corrected chi connectivity index (χ1v) is 7.63. The minimum Gasteiger partial charge on any atom is -0.366 e. The van der Waals surface area contributed by atoms with Crippen LogP contribution in [0.15, 0.2) is 54.9 Å². The minimum atomic E-state index is -0.144. The molecule has 1 N–H and O–H groups in total. The lowest BCUT2D eigenvalue weighted by atomic mass is 9.98. The fourth-order valence-corrected chi connectivity index (χ4v) is 2.78. The molecule has 0 fully saturated rings. The summed E-state index contributed by atoms with van der Waals surface area (Å²) in [5.74, 6) is -0.144. The van der Waals surface area contributed by atoms with Crippen molar-refractivity contribution in [3.05, 3.63) is 81.1 Å². The van der Waals surface area contributed by atoms with Gasteiger partial charge in [0.2, 0.25) is 0 Å². The van der Waals surface area contributed by atoms with Gasteiger partial charge in [-0.1, -0.05) is 53.0 Å². The predicted octanol–water partition coefficient (Wildman–Crippen LogP) is 5.87. The van der Waals surface area contributed by atoms with Crippen LogP contribution in [0.3, 0.4) is 0 Å². The van der Waals surface area contributed by atoms with E-state index in [2.05, 4.69) is 4.98 Å². The second-order valence-electron chi connectivity index (χ2n) is 4.72. The maximum Gasteiger partial charge on any atom is 0.195 e. The number of aromatic nitrogens is 1. The van der Waals surface area contributed by atoms with Crippen LogP contribution in [-0.2, 0) is 0 Å². The van der Waals surface area contributed by atoms with Gasteiger partial charge in [-0.05, 0) is 24.3 Å². The SMILES string of the molecule is O=C(c1ccc(Cl)c(Cl)c1)c1c[nH]cc1-c1ccccc1Cl. The normalized spacial score (nSPS) is 10.7. The molecule has 0 saturated carbocycles. The van der Waals surface area contributed by atoms with Gasteiger partial charge in [0.05, 0.1) is 10.0 Å². The van der Waals surface area contributed by atoms with Gasteiger partial charge in [0.15, 0.2) is 5.78 Å². The molecule has 0 unspecified atom stereocenters.